The lowest BCUT2D eigenvalue weighted by molar-refractivity contribution is -0.118. The number of fused-ring (bicyclic) bond motifs is 1. The monoisotopic (exact) mass is 466 g/mol. The van der Waals surface area contributed by atoms with E-state index in [1.165, 1.54) is 0 Å². The molecule has 6 rings (SSSR count). The predicted octanol–water partition coefficient (Wildman–Crippen LogP) is 5.78. The molecule has 1 N–H and O–H groups in total. The molecule has 0 saturated carbocycles. The van der Waals surface area contributed by atoms with E-state index in [9.17, 15) is 4.79 Å². The number of anilines is 1. The third kappa shape index (κ3) is 4.03. The fourth-order valence-electron chi connectivity index (χ4n) is 4.94. The molecular weight excluding hydrogens is 440 g/mol. The second-order valence-electron chi connectivity index (χ2n) is 9.89. The first-order valence-electron chi connectivity index (χ1n) is 11.8. The number of furan rings is 1. The molecule has 1 aliphatic carbocycles. The Morgan fingerprint density at radius 2 is 1.94 bits per heavy atom. The van der Waals surface area contributed by atoms with Gasteiger partial charge in [0.25, 0.3) is 0 Å². The fraction of sp³-hybridized carbons (Fsp3) is 0.250. The summed E-state index contributed by atoms with van der Waals surface area (Å²) >= 11 is 0. The first-order chi connectivity index (χ1) is 17.0. The van der Waals surface area contributed by atoms with Crippen LogP contribution in [0.15, 0.2) is 88.7 Å². The number of aromatic nitrogens is 3. The number of ketones is 1. The Morgan fingerprint density at radius 3 is 2.74 bits per heavy atom. The lowest BCUT2D eigenvalue weighted by Crippen LogP contribution is -2.36. The Kier molecular flexibility index (Phi) is 5.06. The van der Waals surface area contributed by atoms with Crippen molar-refractivity contribution in [1.29, 1.82) is 0 Å². The van der Waals surface area contributed by atoms with Gasteiger partial charge in [-0.2, -0.15) is 4.98 Å². The number of carbonyl (C=O) groups is 1. The zero-order valence-electron chi connectivity index (χ0n) is 19.7. The Labute approximate surface area is 203 Å². The van der Waals surface area contributed by atoms with Crippen molar-refractivity contribution in [3.05, 3.63) is 95.4 Å². The van der Waals surface area contributed by atoms with Crippen molar-refractivity contribution >= 4 is 11.7 Å². The van der Waals surface area contributed by atoms with Gasteiger partial charge in [0.15, 0.2) is 11.5 Å². The number of allylic oxidation sites excluding steroid dienone is 2. The Morgan fingerprint density at radius 1 is 1.09 bits per heavy atom. The Bertz CT molecular complexity index is 1420. The zero-order chi connectivity index (χ0) is 24.0. The topological polar surface area (TPSA) is 82.2 Å². The van der Waals surface area contributed by atoms with Crippen molar-refractivity contribution < 1.29 is 13.9 Å². The van der Waals surface area contributed by atoms with E-state index < -0.39 is 6.04 Å². The van der Waals surface area contributed by atoms with Gasteiger partial charge in [0.1, 0.15) is 18.4 Å². The summed E-state index contributed by atoms with van der Waals surface area (Å²) < 4.78 is 13.4. The van der Waals surface area contributed by atoms with Crippen molar-refractivity contribution in [1.82, 2.24) is 14.8 Å². The van der Waals surface area contributed by atoms with E-state index in [2.05, 4.69) is 19.2 Å². The van der Waals surface area contributed by atoms with Gasteiger partial charge >= 0.3 is 0 Å². The maximum atomic E-state index is 13.5. The highest BCUT2D eigenvalue weighted by Gasteiger charge is 2.42. The van der Waals surface area contributed by atoms with E-state index in [4.69, 9.17) is 19.2 Å². The third-order valence-corrected chi connectivity index (χ3v) is 6.50. The van der Waals surface area contributed by atoms with Gasteiger partial charge in [-0.15, -0.1) is 5.10 Å². The van der Waals surface area contributed by atoms with Crippen LogP contribution < -0.4 is 10.1 Å². The molecule has 4 aromatic rings. The summed E-state index contributed by atoms with van der Waals surface area (Å²) in [5.74, 6) is 2.53. The highest BCUT2D eigenvalue weighted by molar-refractivity contribution is 6.00. The minimum atomic E-state index is -0.402. The van der Waals surface area contributed by atoms with Crippen LogP contribution in [-0.2, 0) is 11.4 Å². The smallest absolute Gasteiger partial charge is 0.227 e. The first-order valence-corrected chi connectivity index (χ1v) is 11.8. The van der Waals surface area contributed by atoms with Crippen LogP contribution in [0, 0.1) is 5.41 Å². The lowest BCUT2D eigenvalue weighted by Gasteiger charge is -2.38. The number of nitrogens with one attached hydrogen (secondary N) is 1. The molecule has 7 heteroatoms. The molecule has 0 bridgehead atoms. The van der Waals surface area contributed by atoms with E-state index in [0.29, 0.717) is 30.6 Å². The summed E-state index contributed by atoms with van der Waals surface area (Å²) in [7, 11) is 0. The quantitative estimate of drug-likeness (QED) is 0.402. The van der Waals surface area contributed by atoms with Gasteiger partial charge in [-0.1, -0.05) is 56.3 Å². The standard InChI is InChI=1S/C28H26N4O3/c1-28(2)15-21-24(22(33)16-28)25(32-27(29-21)30-26(31-32)23-12-7-13-34-23)19-10-6-11-20(14-19)35-17-18-8-4-3-5-9-18/h3-14,25H,15-17H2,1-2H3,(H,29,30,31). The van der Waals surface area contributed by atoms with Crippen molar-refractivity contribution in [3.63, 3.8) is 0 Å². The number of ether oxygens (including phenoxy) is 1. The second kappa shape index (κ2) is 8.27. The van der Waals surface area contributed by atoms with Crippen molar-refractivity contribution in [2.45, 2.75) is 39.3 Å². The molecular formula is C28H26N4O3. The second-order valence-corrected chi connectivity index (χ2v) is 9.89. The van der Waals surface area contributed by atoms with Crippen LogP contribution in [0.4, 0.5) is 5.95 Å². The number of rotatable bonds is 5. The summed E-state index contributed by atoms with van der Waals surface area (Å²) in [6.07, 6.45) is 2.85. The molecule has 1 aliphatic heterocycles. The lowest BCUT2D eigenvalue weighted by atomic mass is 9.73. The molecule has 0 spiro atoms. The van der Waals surface area contributed by atoms with Gasteiger partial charge in [-0.3, -0.25) is 4.79 Å². The molecule has 0 fully saturated rings. The van der Waals surface area contributed by atoms with Gasteiger partial charge in [-0.05, 0) is 47.2 Å². The third-order valence-electron chi connectivity index (χ3n) is 6.50. The predicted molar refractivity (Wildman–Crippen MR) is 132 cm³/mol. The van der Waals surface area contributed by atoms with E-state index in [-0.39, 0.29) is 11.2 Å². The maximum absolute atomic E-state index is 13.5. The SMILES string of the molecule is CC1(C)CC(=O)C2=C(C1)Nc1nc(-c3ccco3)nn1C2c1cccc(OCc2ccccc2)c1. The summed E-state index contributed by atoms with van der Waals surface area (Å²) in [5.41, 5.74) is 3.55. The van der Waals surface area contributed by atoms with Crippen LogP contribution in [0.3, 0.4) is 0 Å². The zero-order valence-corrected chi connectivity index (χ0v) is 19.7. The van der Waals surface area contributed by atoms with Crippen LogP contribution in [0.5, 0.6) is 5.75 Å². The molecule has 35 heavy (non-hydrogen) atoms. The molecule has 0 amide bonds. The van der Waals surface area contributed by atoms with Crippen LogP contribution in [0.25, 0.3) is 11.6 Å². The summed E-state index contributed by atoms with van der Waals surface area (Å²) in [6, 6.07) is 21.2. The Hall–Kier alpha value is -4.13. The minimum Gasteiger partial charge on any atom is -0.489 e. The molecule has 2 aromatic carbocycles. The number of hydrogen-bond donors (Lipinski definition) is 1. The highest BCUT2D eigenvalue weighted by atomic mass is 16.5. The van der Waals surface area contributed by atoms with E-state index in [1.807, 2.05) is 66.7 Å². The fourth-order valence-corrected chi connectivity index (χ4v) is 4.94. The molecule has 176 valence electrons. The first kappa shape index (κ1) is 21.4. The minimum absolute atomic E-state index is 0.125. The van der Waals surface area contributed by atoms with Crippen molar-refractivity contribution in [2.24, 2.45) is 5.41 Å². The van der Waals surface area contributed by atoms with Crippen molar-refractivity contribution in [3.8, 4) is 17.3 Å². The van der Waals surface area contributed by atoms with Gasteiger partial charge < -0.3 is 14.5 Å². The van der Waals surface area contributed by atoms with E-state index >= 15 is 0 Å². The van der Waals surface area contributed by atoms with Gasteiger partial charge in [0, 0.05) is 17.7 Å². The molecule has 3 heterocycles. The molecule has 0 radical (unpaired) electrons. The summed E-state index contributed by atoms with van der Waals surface area (Å²) in [4.78, 5) is 18.2. The number of carbonyl (C=O) groups excluding carboxylic acids is 1. The van der Waals surface area contributed by atoms with E-state index in [1.54, 1.807) is 10.9 Å². The molecule has 7 nitrogen and oxygen atoms in total. The number of benzene rings is 2. The van der Waals surface area contributed by atoms with E-state index in [0.717, 1.165) is 34.6 Å². The summed E-state index contributed by atoms with van der Waals surface area (Å²) in [6.45, 7) is 4.71. The van der Waals surface area contributed by atoms with Gasteiger partial charge in [-0.25, -0.2) is 4.68 Å². The number of nitrogens with zero attached hydrogens (tertiary/aromatic N) is 3. The van der Waals surface area contributed by atoms with Crippen LogP contribution >= 0.6 is 0 Å². The normalized spacial score (nSPS) is 18.6. The largest absolute Gasteiger partial charge is 0.489 e. The van der Waals surface area contributed by atoms with Gasteiger partial charge in [0.2, 0.25) is 11.8 Å². The number of hydrogen-bond acceptors (Lipinski definition) is 6. The molecule has 0 saturated heterocycles. The maximum Gasteiger partial charge on any atom is 0.227 e. The van der Waals surface area contributed by atoms with Crippen LogP contribution in [0.1, 0.15) is 43.9 Å². The average molecular weight is 467 g/mol. The number of Topliss-reactive ketones (excluding diaryl/α,β-unsaturated/α-hetero) is 1. The average Bonchev–Trinajstić information content (AvgIpc) is 3.51. The van der Waals surface area contributed by atoms with Gasteiger partial charge in [0.05, 0.1) is 6.26 Å². The van der Waals surface area contributed by atoms with Crippen molar-refractivity contribution in [2.75, 3.05) is 5.32 Å². The molecule has 2 aromatic heterocycles. The summed E-state index contributed by atoms with van der Waals surface area (Å²) in [5, 5.41) is 8.16. The Balaban J connectivity index is 1.41. The molecule has 1 unspecified atom stereocenters. The highest BCUT2D eigenvalue weighted by Crippen LogP contribution is 2.46. The van der Waals surface area contributed by atoms with Crippen LogP contribution in [-0.4, -0.2) is 20.5 Å². The molecule has 1 atom stereocenters. The van der Waals surface area contributed by atoms with Crippen LogP contribution in [0.2, 0.25) is 0 Å². The molecule has 2 aliphatic rings.